The van der Waals surface area contributed by atoms with E-state index in [9.17, 15) is 4.79 Å². The second-order valence-corrected chi connectivity index (χ2v) is 9.29. The molecule has 0 bridgehead atoms. The Morgan fingerprint density at radius 3 is 2.59 bits per heavy atom. The van der Waals surface area contributed by atoms with Crippen molar-refractivity contribution in [3.8, 4) is 11.1 Å². The standard InChI is InChI=1S/C27H25N3OS/c1-3-22-26(18-10-8-17(2)9-11-18)29-30-27(22)32-16-25(31)28-21-12-13-24-20(15-21)14-19-6-4-5-7-23(19)24/h4-13,15,22H,3,14,16H2,1-2H3,(H,28,31). The summed E-state index contributed by atoms with van der Waals surface area (Å²) in [5, 5.41) is 12.8. The molecule has 1 heterocycles. The van der Waals surface area contributed by atoms with E-state index in [-0.39, 0.29) is 11.8 Å². The van der Waals surface area contributed by atoms with E-state index in [0.29, 0.717) is 5.75 Å². The van der Waals surface area contributed by atoms with E-state index in [1.165, 1.54) is 39.6 Å². The fraction of sp³-hybridized carbons (Fsp3) is 0.222. The monoisotopic (exact) mass is 439 g/mol. The lowest BCUT2D eigenvalue weighted by molar-refractivity contribution is -0.113. The van der Waals surface area contributed by atoms with Crippen LogP contribution in [0.2, 0.25) is 0 Å². The fourth-order valence-electron chi connectivity index (χ4n) is 4.40. The predicted octanol–water partition coefficient (Wildman–Crippen LogP) is 6.08. The Morgan fingerprint density at radius 2 is 1.78 bits per heavy atom. The van der Waals surface area contributed by atoms with Crippen LogP contribution in [-0.2, 0) is 11.2 Å². The number of carbonyl (C=O) groups excluding carboxylic acids is 1. The number of hydrogen-bond donors (Lipinski definition) is 1. The minimum atomic E-state index is -0.0215. The summed E-state index contributed by atoms with van der Waals surface area (Å²) in [5.41, 5.74) is 9.33. The number of nitrogens with one attached hydrogen (secondary N) is 1. The third kappa shape index (κ3) is 4.00. The van der Waals surface area contributed by atoms with Gasteiger partial charge < -0.3 is 5.32 Å². The summed E-state index contributed by atoms with van der Waals surface area (Å²) in [6, 6.07) is 23.1. The molecule has 2 aliphatic rings. The molecule has 4 nitrogen and oxygen atoms in total. The molecule has 0 saturated carbocycles. The van der Waals surface area contributed by atoms with Gasteiger partial charge in [-0.15, -0.1) is 5.10 Å². The molecule has 0 spiro atoms. The van der Waals surface area contributed by atoms with Gasteiger partial charge in [-0.05, 0) is 59.7 Å². The van der Waals surface area contributed by atoms with Gasteiger partial charge in [0.2, 0.25) is 5.91 Å². The lowest BCUT2D eigenvalue weighted by atomic mass is 9.95. The molecule has 0 radical (unpaired) electrons. The number of benzene rings is 3. The molecule has 1 aliphatic heterocycles. The molecule has 0 fully saturated rings. The number of anilines is 1. The van der Waals surface area contributed by atoms with Gasteiger partial charge in [0.15, 0.2) is 0 Å². The number of rotatable bonds is 5. The maximum Gasteiger partial charge on any atom is 0.234 e. The molecular weight excluding hydrogens is 414 g/mol. The Balaban J connectivity index is 1.20. The topological polar surface area (TPSA) is 53.8 Å². The number of amides is 1. The highest BCUT2D eigenvalue weighted by Gasteiger charge is 2.28. The van der Waals surface area contributed by atoms with Gasteiger partial charge in [-0.2, -0.15) is 5.10 Å². The van der Waals surface area contributed by atoms with Crippen LogP contribution in [0.4, 0.5) is 5.69 Å². The number of hydrogen-bond acceptors (Lipinski definition) is 4. The summed E-state index contributed by atoms with van der Waals surface area (Å²) in [5.74, 6) is 0.449. The number of nitrogens with zero attached hydrogens (tertiary/aromatic N) is 2. The van der Waals surface area contributed by atoms with E-state index < -0.39 is 0 Å². The summed E-state index contributed by atoms with van der Waals surface area (Å²) >= 11 is 1.48. The zero-order chi connectivity index (χ0) is 22.1. The average Bonchev–Trinajstić information content (AvgIpc) is 3.38. The van der Waals surface area contributed by atoms with E-state index in [4.69, 9.17) is 0 Å². The molecular formula is C27H25N3OS. The Labute approximate surface area is 192 Å². The first-order valence-corrected chi connectivity index (χ1v) is 12.0. The van der Waals surface area contributed by atoms with Gasteiger partial charge in [-0.3, -0.25) is 4.79 Å². The van der Waals surface area contributed by atoms with Gasteiger partial charge in [0.25, 0.3) is 0 Å². The summed E-state index contributed by atoms with van der Waals surface area (Å²) in [6.45, 7) is 4.21. The quantitative estimate of drug-likeness (QED) is 0.410. The number of aryl methyl sites for hydroxylation is 1. The number of thioether (sulfide) groups is 1. The molecule has 0 saturated heterocycles. The Morgan fingerprint density at radius 1 is 1.00 bits per heavy atom. The zero-order valence-electron chi connectivity index (χ0n) is 18.3. The third-order valence-electron chi connectivity index (χ3n) is 6.07. The molecule has 32 heavy (non-hydrogen) atoms. The van der Waals surface area contributed by atoms with Crippen molar-refractivity contribution in [2.24, 2.45) is 16.1 Å². The molecule has 1 N–H and O–H groups in total. The van der Waals surface area contributed by atoms with Gasteiger partial charge in [0.05, 0.1) is 17.4 Å². The molecule has 3 aromatic carbocycles. The van der Waals surface area contributed by atoms with Crippen molar-refractivity contribution in [2.75, 3.05) is 11.1 Å². The van der Waals surface area contributed by atoms with E-state index in [1.807, 2.05) is 6.07 Å². The summed E-state index contributed by atoms with van der Waals surface area (Å²) < 4.78 is 0. The van der Waals surface area contributed by atoms with Crippen molar-refractivity contribution >= 4 is 34.1 Å². The van der Waals surface area contributed by atoms with E-state index in [2.05, 4.69) is 90.0 Å². The molecule has 1 amide bonds. The highest BCUT2D eigenvalue weighted by molar-refractivity contribution is 8.14. The zero-order valence-corrected chi connectivity index (χ0v) is 19.1. The number of fused-ring (bicyclic) bond motifs is 3. The molecule has 3 aromatic rings. The minimum absolute atomic E-state index is 0.0215. The Hall–Kier alpha value is -3.18. The maximum absolute atomic E-state index is 12.6. The van der Waals surface area contributed by atoms with Crippen LogP contribution in [0.3, 0.4) is 0 Å². The first-order chi connectivity index (χ1) is 15.6. The van der Waals surface area contributed by atoms with Crippen LogP contribution in [0.15, 0.2) is 76.9 Å². The lowest BCUT2D eigenvalue weighted by Crippen LogP contribution is -2.21. The molecule has 1 atom stereocenters. The van der Waals surface area contributed by atoms with Crippen molar-refractivity contribution in [1.29, 1.82) is 0 Å². The van der Waals surface area contributed by atoms with Gasteiger partial charge in [0.1, 0.15) is 5.04 Å². The molecule has 160 valence electrons. The van der Waals surface area contributed by atoms with E-state index in [0.717, 1.165) is 34.8 Å². The summed E-state index contributed by atoms with van der Waals surface area (Å²) in [7, 11) is 0. The maximum atomic E-state index is 12.6. The Kier molecular flexibility index (Phi) is 5.66. The van der Waals surface area contributed by atoms with Gasteiger partial charge in [-0.25, -0.2) is 0 Å². The van der Waals surface area contributed by atoms with Crippen LogP contribution in [0.1, 0.15) is 35.6 Å². The van der Waals surface area contributed by atoms with Crippen LogP contribution >= 0.6 is 11.8 Å². The second-order valence-electron chi connectivity index (χ2n) is 8.29. The van der Waals surface area contributed by atoms with Crippen molar-refractivity contribution < 1.29 is 4.79 Å². The summed E-state index contributed by atoms with van der Waals surface area (Å²) in [6.07, 6.45) is 1.82. The first-order valence-electron chi connectivity index (χ1n) is 11.0. The molecule has 0 aromatic heterocycles. The molecule has 1 unspecified atom stereocenters. The van der Waals surface area contributed by atoms with Crippen LogP contribution in [0.5, 0.6) is 0 Å². The van der Waals surface area contributed by atoms with Crippen molar-refractivity contribution in [2.45, 2.75) is 26.7 Å². The second kappa shape index (κ2) is 8.75. The first kappa shape index (κ1) is 20.7. The van der Waals surface area contributed by atoms with Crippen LogP contribution in [-0.4, -0.2) is 22.4 Å². The largest absolute Gasteiger partial charge is 0.325 e. The highest BCUT2D eigenvalue weighted by Crippen LogP contribution is 2.37. The predicted molar refractivity (Wildman–Crippen MR) is 135 cm³/mol. The molecule has 5 rings (SSSR count). The fourth-order valence-corrected chi connectivity index (χ4v) is 5.33. The molecule has 1 aliphatic carbocycles. The van der Waals surface area contributed by atoms with E-state index in [1.54, 1.807) is 0 Å². The average molecular weight is 440 g/mol. The normalized spacial score (nSPS) is 16.2. The number of carbonyl (C=O) groups is 1. The van der Waals surface area contributed by atoms with Crippen LogP contribution in [0.25, 0.3) is 11.1 Å². The smallest absolute Gasteiger partial charge is 0.234 e. The third-order valence-corrected chi connectivity index (χ3v) is 7.14. The van der Waals surface area contributed by atoms with Gasteiger partial charge in [-0.1, -0.05) is 78.8 Å². The SMILES string of the molecule is CCC1C(SCC(=O)Nc2ccc3c(c2)Cc2ccccc2-3)=NN=C1c1ccc(C)cc1. The van der Waals surface area contributed by atoms with Crippen LogP contribution < -0.4 is 5.32 Å². The lowest BCUT2D eigenvalue weighted by Gasteiger charge is -2.13. The van der Waals surface area contributed by atoms with Crippen molar-refractivity contribution in [3.05, 3.63) is 89.0 Å². The van der Waals surface area contributed by atoms with Gasteiger partial charge in [0, 0.05) is 5.69 Å². The van der Waals surface area contributed by atoms with E-state index >= 15 is 0 Å². The molecule has 5 heteroatoms. The van der Waals surface area contributed by atoms with Crippen molar-refractivity contribution in [3.63, 3.8) is 0 Å². The van der Waals surface area contributed by atoms with Gasteiger partial charge >= 0.3 is 0 Å². The summed E-state index contributed by atoms with van der Waals surface area (Å²) in [4.78, 5) is 12.6. The van der Waals surface area contributed by atoms with Crippen LogP contribution in [0, 0.1) is 12.8 Å². The minimum Gasteiger partial charge on any atom is -0.325 e. The van der Waals surface area contributed by atoms with Crippen molar-refractivity contribution in [1.82, 2.24) is 0 Å². The Bertz CT molecular complexity index is 1240. The highest BCUT2D eigenvalue weighted by atomic mass is 32.2.